The van der Waals surface area contributed by atoms with Crippen LogP contribution in [0.5, 0.6) is 0 Å². The fraction of sp³-hybridized carbons (Fsp3) is 0.400. The summed E-state index contributed by atoms with van der Waals surface area (Å²) >= 11 is 12.1. The third-order valence-corrected chi connectivity index (χ3v) is 9.23. The van der Waals surface area contributed by atoms with Crippen molar-refractivity contribution in [1.82, 2.24) is 0 Å². The molecule has 0 bridgehead atoms. The van der Waals surface area contributed by atoms with Gasteiger partial charge in [-0.15, -0.1) is 0 Å². The van der Waals surface area contributed by atoms with Crippen molar-refractivity contribution in [3.63, 3.8) is 0 Å². The van der Waals surface area contributed by atoms with Crippen LogP contribution >= 0.6 is 23.2 Å². The SMILES string of the molecule is CC(C)C1CCN(c2c(F)cc(N3[C@@H](c4ccc(Cl)c([N+](=O)[O-])c4)CC[C@@H]3c3ccc(Cl)c([N+](=O)[O-])c3)cc2F)CC1. The van der Waals surface area contributed by atoms with Crippen molar-refractivity contribution in [1.29, 1.82) is 0 Å². The molecule has 2 atom stereocenters. The van der Waals surface area contributed by atoms with E-state index in [0.29, 0.717) is 48.9 Å². The van der Waals surface area contributed by atoms with Crippen molar-refractivity contribution in [2.45, 2.75) is 51.6 Å². The summed E-state index contributed by atoms with van der Waals surface area (Å²) in [4.78, 5) is 25.6. The van der Waals surface area contributed by atoms with Crippen molar-refractivity contribution in [2.75, 3.05) is 22.9 Å². The molecule has 0 aromatic heterocycles. The Labute approximate surface area is 252 Å². The highest BCUT2D eigenvalue weighted by molar-refractivity contribution is 6.33. The Bertz CT molecular complexity index is 1440. The van der Waals surface area contributed by atoms with Gasteiger partial charge in [-0.1, -0.05) is 49.2 Å². The zero-order valence-corrected chi connectivity index (χ0v) is 24.6. The number of piperidine rings is 1. The van der Waals surface area contributed by atoms with Gasteiger partial charge in [0.25, 0.3) is 11.4 Å². The number of anilines is 2. The van der Waals surface area contributed by atoms with E-state index in [-0.39, 0.29) is 32.8 Å². The van der Waals surface area contributed by atoms with Crippen LogP contribution in [-0.4, -0.2) is 22.9 Å². The molecule has 2 aliphatic rings. The van der Waals surface area contributed by atoms with Crippen molar-refractivity contribution >= 4 is 46.0 Å². The van der Waals surface area contributed by atoms with Crippen molar-refractivity contribution in [3.05, 3.63) is 102 Å². The first kappa shape index (κ1) is 30.0. The standard InChI is InChI=1S/C30H30Cl2F2N4O4/c1-17(2)18-9-11-35(12-10-18)30-24(33)15-21(16-25(30)34)36-26(19-3-5-22(31)28(13-19)37(39)40)7-8-27(36)20-4-6-23(32)29(14-20)38(41)42/h3-6,13-18,26-27H,7-12H2,1-2H3/t26-,27-/m1/s1. The third-order valence-electron chi connectivity index (χ3n) is 8.59. The zero-order chi connectivity index (χ0) is 30.3. The molecule has 0 saturated carbocycles. The summed E-state index contributed by atoms with van der Waals surface area (Å²) in [5.74, 6) is -0.409. The van der Waals surface area contributed by atoms with Crippen LogP contribution in [0.4, 0.5) is 31.5 Å². The lowest BCUT2D eigenvalue weighted by atomic mass is 9.86. The van der Waals surface area contributed by atoms with Gasteiger partial charge < -0.3 is 9.80 Å². The van der Waals surface area contributed by atoms with Gasteiger partial charge in [-0.2, -0.15) is 0 Å². The van der Waals surface area contributed by atoms with Gasteiger partial charge in [0, 0.05) is 30.9 Å². The number of benzene rings is 3. The maximum Gasteiger partial charge on any atom is 0.288 e. The van der Waals surface area contributed by atoms with E-state index in [9.17, 15) is 20.2 Å². The molecule has 2 saturated heterocycles. The first-order valence-electron chi connectivity index (χ1n) is 13.9. The van der Waals surface area contributed by atoms with Gasteiger partial charge in [0.2, 0.25) is 0 Å². The van der Waals surface area contributed by atoms with E-state index in [1.54, 1.807) is 21.9 Å². The number of nitro groups is 2. The second kappa shape index (κ2) is 12.0. The van der Waals surface area contributed by atoms with E-state index in [2.05, 4.69) is 13.8 Å². The molecule has 12 heteroatoms. The Hall–Kier alpha value is -3.50. The van der Waals surface area contributed by atoms with Crippen LogP contribution < -0.4 is 9.80 Å². The molecule has 8 nitrogen and oxygen atoms in total. The predicted molar refractivity (Wildman–Crippen MR) is 160 cm³/mol. The van der Waals surface area contributed by atoms with Gasteiger partial charge in [-0.3, -0.25) is 20.2 Å². The smallest absolute Gasteiger partial charge is 0.288 e. The molecule has 2 heterocycles. The average molecular weight is 619 g/mol. The van der Waals surface area contributed by atoms with Crippen LogP contribution in [-0.2, 0) is 0 Å². The summed E-state index contributed by atoms with van der Waals surface area (Å²) in [6, 6.07) is 10.4. The first-order chi connectivity index (χ1) is 20.0. The van der Waals surface area contributed by atoms with Crippen LogP contribution in [0.2, 0.25) is 10.0 Å². The summed E-state index contributed by atoms with van der Waals surface area (Å²) in [5, 5.41) is 23.2. The second-order valence-corrected chi connectivity index (χ2v) is 12.1. The summed E-state index contributed by atoms with van der Waals surface area (Å²) in [5.41, 5.74) is 0.677. The highest BCUT2D eigenvalue weighted by atomic mass is 35.5. The molecule has 2 aliphatic heterocycles. The quantitative estimate of drug-likeness (QED) is 0.194. The lowest BCUT2D eigenvalue weighted by molar-refractivity contribution is -0.384. The monoisotopic (exact) mass is 618 g/mol. The summed E-state index contributed by atoms with van der Waals surface area (Å²) in [6.45, 7) is 5.41. The number of nitrogens with zero attached hydrogens (tertiary/aromatic N) is 4. The van der Waals surface area contributed by atoms with Crippen LogP contribution in [0.1, 0.15) is 62.7 Å². The zero-order valence-electron chi connectivity index (χ0n) is 23.1. The van der Waals surface area contributed by atoms with Gasteiger partial charge in [0.1, 0.15) is 15.7 Å². The molecule has 0 aliphatic carbocycles. The number of halogens is 4. The summed E-state index contributed by atoms with van der Waals surface area (Å²) in [7, 11) is 0. The lowest BCUT2D eigenvalue weighted by Crippen LogP contribution is -2.36. The molecule has 0 spiro atoms. The van der Waals surface area contributed by atoms with Crippen molar-refractivity contribution < 1.29 is 18.6 Å². The van der Waals surface area contributed by atoms with Crippen LogP contribution in [0.15, 0.2) is 48.5 Å². The molecule has 222 valence electrons. The largest absolute Gasteiger partial charge is 0.367 e. The van der Waals surface area contributed by atoms with Gasteiger partial charge in [0.15, 0.2) is 11.6 Å². The minimum atomic E-state index is -0.707. The Morgan fingerprint density at radius 3 is 1.64 bits per heavy atom. The van der Waals surface area contributed by atoms with Gasteiger partial charge >= 0.3 is 0 Å². The third kappa shape index (κ3) is 5.74. The molecule has 42 heavy (non-hydrogen) atoms. The highest BCUT2D eigenvalue weighted by Crippen LogP contribution is 2.49. The fourth-order valence-corrected chi connectivity index (χ4v) is 6.75. The van der Waals surface area contributed by atoms with E-state index in [0.717, 1.165) is 12.8 Å². The molecular weight excluding hydrogens is 589 g/mol. The number of rotatable bonds is 7. The maximum atomic E-state index is 15.8. The van der Waals surface area contributed by atoms with E-state index in [1.807, 2.05) is 0 Å². The summed E-state index contributed by atoms with van der Waals surface area (Å²) < 4.78 is 31.6. The fourth-order valence-electron chi connectivity index (χ4n) is 6.37. The lowest BCUT2D eigenvalue weighted by Gasteiger charge is -2.37. The number of nitro benzene ring substituents is 2. The molecular formula is C30H30Cl2F2N4O4. The Morgan fingerprint density at radius 2 is 1.24 bits per heavy atom. The molecule has 3 aromatic carbocycles. The molecule has 0 radical (unpaired) electrons. The Morgan fingerprint density at radius 1 is 0.786 bits per heavy atom. The van der Waals surface area contributed by atoms with Crippen LogP contribution in [0, 0.1) is 43.7 Å². The predicted octanol–water partition coefficient (Wildman–Crippen LogP) is 9.04. The normalized spacial score (nSPS) is 19.5. The Balaban J connectivity index is 1.57. The molecule has 0 unspecified atom stereocenters. The van der Waals surface area contributed by atoms with E-state index < -0.39 is 33.6 Å². The van der Waals surface area contributed by atoms with Crippen molar-refractivity contribution in [3.8, 4) is 0 Å². The van der Waals surface area contributed by atoms with Gasteiger partial charge in [0.05, 0.1) is 21.9 Å². The first-order valence-corrected chi connectivity index (χ1v) is 14.6. The molecule has 0 amide bonds. The topological polar surface area (TPSA) is 92.8 Å². The number of hydrogen-bond acceptors (Lipinski definition) is 6. The van der Waals surface area contributed by atoms with E-state index in [1.165, 1.54) is 36.4 Å². The molecule has 0 N–H and O–H groups in total. The minimum Gasteiger partial charge on any atom is -0.367 e. The van der Waals surface area contributed by atoms with Gasteiger partial charge in [-0.05, 0) is 72.9 Å². The van der Waals surface area contributed by atoms with E-state index in [4.69, 9.17) is 23.2 Å². The second-order valence-electron chi connectivity index (χ2n) is 11.3. The van der Waals surface area contributed by atoms with E-state index >= 15 is 8.78 Å². The van der Waals surface area contributed by atoms with Gasteiger partial charge in [-0.25, -0.2) is 8.78 Å². The molecule has 3 aromatic rings. The molecule has 5 rings (SSSR count). The minimum absolute atomic E-state index is 0.0270. The molecule has 2 fully saturated rings. The highest BCUT2D eigenvalue weighted by Gasteiger charge is 2.38. The summed E-state index contributed by atoms with van der Waals surface area (Å²) in [6.07, 6.45) is 2.62. The van der Waals surface area contributed by atoms with Crippen LogP contribution in [0.3, 0.4) is 0 Å². The Kier molecular flexibility index (Phi) is 8.57. The average Bonchev–Trinajstić information content (AvgIpc) is 3.38. The van der Waals surface area contributed by atoms with Crippen molar-refractivity contribution in [2.24, 2.45) is 11.8 Å². The van der Waals surface area contributed by atoms with Crippen LogP contribution in [0.25, 0.3) is 0 Å². The number of hydrogen-bond donors (Lipinski definition) is 0. The maximum absolute atomic E-state index is 15.8.